The standard InChI is InChI=1S/C11H14ClNO2/c1-3-10-14-6-9-8(4-12)5-13-7(2)11(9)15-10/h5,10H,3-4,6H2,1-2H3. The van der Waals surface area contributed by atoms with Crippen molar-refractivity contribution in [3.8, 4) is 5.75 Å². The second-order valence-electron chi connectivity index (χ2n) is 3.58. The fourth-order valence-electron chi connectivity index (χ4n) is 1.65. The lowest BCUT2D eigenvalue weighted by Gasteiger charge is -2.27. The molecule has 0 saturated carbocycles. The van der Waals surface area contributed by atoms with Gasteiger partial charge in [0.05, 0.1) is 12.3 Å². The minimum Gasteiger partial charge on any atom is -0.463 e. The number of ether oxygens (including phenoxy) is 2. The van der Waals surface area contributed by atoms with Gasteiger partial charge in [0.15, 0.2) is 6.29 Å². The van der Waals surface area contributed by atoms with Gasteiger partial charge in [-0.25, -0.2) is 0 Å². The highest BCUT2D eigenvalue weighted by Gasteiger charge is 2.23. The molecule has 1 aliphatic heterocycles. The highest BCUT2D eigenvalue weighted by Crippen LogP contribution is 2.32. The summed E-state index contributed by atoms with van der Waals surface area (Å²) in [5.41, 5.74) is 2.94. The third kappa shape index (κ3) is 1.94. The molecule has 1 aliphatic rings. The van der Waals surface area contributed by atoms with E-state index in [1.165, 1.54) is 0 Å². The maximum absolute atomic E-state index is 5.84. The number of hydrogen-bond acceptors (Lipinski definition) is 3. The van der Waals surface area contributed by atoms with Crippen LogP contribution in [0.5, 0.6) is 5.75 Å². The Kier molecular flexibility index (Phi) is 3.12. The van der Waals surface area contributed by atoms with Crippen molar-refractivity contribution in [2.45, 2.75) is 39.0 Å². The number of alkyl halides is 1. The van der Waals surface area contributed by atoms with Crippen LogP contribution >= 0.6 is 11.6 Å². The minimum absolute atomic E-state index is 0.149. The predicted molar refractivity (Wildman–Crippen MR) is 58.0 cm³/mol. The quantitative estimate of drug-likeness (QED) is 0.728. The number of aryl methyl sites for hydroxylation is 1. The summed E-state index contributed by atoms with van der Waals surface area (Å²) < 4.78 is 11.3. The van der Waals surface area contributed by atoms with Gasteiger partial charge in [-0.1, -0.05) is 6.92 Å². The first-order valence-corrected chi connectivity index (χ1v) is 5.61. The Balaban J connectivity index is 2.40. The molecule has 0 spiro atoms. The molecule has 0 N–H and O–H groups in total. The summed E-state index contributed by atoms with van der Waals surface area (Å²) in [6, 6.07) is 0. The second kappa shape index (κ2) is 4.37. The maximum Gasteiger partial charge on any atom is 0.200 e. The van der Waals surface area contributed by atoms with Gasteiger partial charge in [-0.05, 0) is 12.5 Å². The molecule has 0 radical (unpaired) electrons. The van der Waals surface area contributed by atoms with Crippen molar-refractivity contribution in [2.24, 2.45) is 0 Å². The largest absolute Gasteiger partial charge is 0.463 e. The first kappa shape index (κ1) is 10.7. The third-order valence-electron chi connectivity index (χ3n) is 2.54. The van der Waals surface area contributed by atoms with Gasteiger partial charge in [0.25, 0.3) is 0 Å². The predicted octanol–water partition coefficient (Wildman–Crippen LogP) is 2.77. The highest BCUT2D eigenvalue weighted by molar-refractivity contribution is 6.17. The summed E-state index contributed by atoms with van der Waals surface area (Å²) in [6.07, 6.45) is 2.48. The Morgan fingerprint density at radius 1 is 1.60 bits per heavy atom. The van der Waals surface area contributed by atoms with E-state index < -0.39 is 0 Å². The minimum atomic E-state index is -0.149. The van der Waals surface area contributed by atoms with Crippen LogP contribution in [0.3, 0.4) is 0 Å². The fourth-order valence-corrected chi connectivity index (χ4v) is 1.88. The Bertz CT molecular complexity index is 368. The van der Waals surface area contributed by atoms with E-state index in [2.05, 4.69) is 4.98 Å². The molecule has 2 heterocycles. The Morgan fingerprint density at radius 3 is 3.07 bits per heavy atom. The molecule has 82 valence electrons. The van der Waals surface area contributed by atoms with E-state index in [9.17, 15) is 0 Å². The average Bonchev–Trinajstić information content (AvgIpc) is 2.29. The van der Waals surface area contributed by atoms with Crippen molar-refractivity contribution in [1.82, 2.24) is 4.98 Å². The SMILES string of the molecule is CCC1OCc2c(CCl)cnc(C)c2O1. The number of rotatable bonds is 2. The molecule has 0 saturated heterocycles. The third-order valence-corrected chi connectivity index (χ3v) is 2.83. The van der Waals surface area contributed by atoms with E-state index in [-0.39, 0.29) is 6.29 Å². The lowest BCUT2D eigenvalue weighted by atomic mass is 10.1. The van der Waals surface area contributed by atoms with Crippen LogP contribution in [0, 0.1) is 6.92 Å². The molecule has 4 heteroatoms. The zero-order valence-corrected chi connectivity index (χ0v) is 9.67. The van der Waals surface area contributed by atoms with Crippen molar-refractivity contribution in [3.05, 3.63) is 23.0 Å². The summed E-state index contributed by atoms with van der Waals surface area (Å²) in [5, 5.41) is 0. The summed E-state index contributed by atoms with van der Waals surface area (Å²) >= 11 is 5.84. The van der Waals surface area contributed by atoms with Crippen LogP contribution in [0.4, 0.5) is 0 Å². The molecule has 15 heavy (non-hydrogen) atoms. The summed E-state index contributed by atoms with van der Waals surface area (Å²) in [6.45, 7) is 4.54. The molecule has 1 atom stereocenters. The van der Waals surface area contributed by atoms with Crippen LogP contribution < -0.4 is 4.74 Å². The van der Waals surface area contributed by atoms with Crippen molar-refractivity contribution in [2.75, 3.05) is 0 Å². The maximum atomic E-state index is 5.84. The van der Waals surface area contributed by atoms with Crippen LogP contribution in [-0.4, -0.2) is 11.3 Å². The van der Waals surface area contributed by atoms with E-state index in [1.54, 1.807) is 6.20 Å². The number of nitrogens with zero attached hydrogens (tertiary/aromatic N) is 1. The molecule has 1 aromatic rings. The number of halogens is 1. The monoisotopic (exact) mass is 227 g/mol. The van der Waals surface area contributed by atoms with Gasteiger partial charge < -0.3 is 9.47 Å². The smallest absolute Gasteiger partial charge is 0.200 e. The number of fused-ring (bicyclic) bond motifs is 1. The molecule has 0 amide bonds. The lowest BCUT2D eigenvalue weighted by Crippen LogP contribution is -2.26. The van der Waals surface area contributed by atoms with E-state index in [4.69, 9.17) is 21.1 Å². The molecule has 0 aromatic carbocycles. The summed E-state index contributed by atoms with van der Waals surface area (Å²) in [4.78, 5) is 4.27. The molecular formula is C11H14ClNO2. The number of pyridine rings is 1. The Morgan fingerprint density at radius 2 is 2.40 bits per heavy atom. The van der Waals surface area contributed by atoms with Crippen LogP contribution in [0.1, 0.15) is 30.2 Å². The van der Waals surface area contributed by atoms with Crippen molar-refractivity contribution in [3.63, 3.8) is 0 Å². The zero-order valence-electron chi connectivity index (χ0n) is 8.92. The lowest BCUT2D eigenvalue weighted by molar-refractivity contribution is -0.109. The van der Waals surface area contributed by atoms with Gasteiger partial charge in [0, 0.05) is 24.1 Å². The van der Waals surface area contributed by atoms with Gasteiger partial charge in [-0.3, -0.25) is 4.98 Å². The van der Waals surface area contributed by atoms with Crippen LogP contribution in [0.25, 0.3) is 0 Å². The molecule has 2 rings (SSSR count). The van der Waals surface area contributed by atoms with Crippen molar-refractivity contribution in [1.29, 1.82) is 0 Å². The summed E-state index contributed by atoms with van der Waals surface area (Å²) in [5.74, 6) is 1.30. The Labute approximate surface area is 94.4 Å². The van der Waals surface area contributed by atoms with Gasteiger partial charge in [0.2, 0.25) is 0 Å². The first-order valence-electron chi connectivity index (χ1n) is 5.07. The Hall–Kier alpha value is -0.800. The van der Waals surface area contributed by atoms with Crippen molar-refractivity contribution < 1.29 is 9.47 Å². The van der Waals surface area contributed by atoms with E-state index in [1.807, 2.05) is 13.8 Å². The average molecular weight is 228 g/mol. The number of aromatic nitrogens is 1. The van der Waals surface area contributed by atoms with Crippen LogP contribution in [0.2, 0.25) is 0 Å². The zero-order chi connectivity index (χ0) is 10.8. The molecule has 0 bridgehead atoms. The molecule has 0 fully saturated rings. The van der Waals surface area contributed by atoms with Crippen LogP contribution in [-0.2, 0) is 17.2 Å². The van der Waals surface area contributed by atoms with E-state index >= 15 is 0 Å². The van der Waals surface area contributed by atoms with E-state index in [0.717, 1.165) is 29.0 Å². The highest BCUT2D eigenvalue weighted by atomic mass is 35.5. The van der Waals surface area contributed by atoms with Gasteiger partial charge in [-0.15, -0.1) is 11.6 Å². The summed E-state index contributed by atoms with van der Waals surface area (Å²) in [7, 11) is 0. The second-order valence-corrected chi connectivity index (χ2v) is 3.84. The molecular weight excluding hydrogens is 214 g/mol. The van der Waals surface area contributed by atoms with Crippen molar-refractivity contribution >= 4 is 11.6 Å². The number of hydrogen-bond donors (Lipinski definition) is 0. The van der Waals surface area contributed by atoms with E-state index in [0.29, 0.717) is 12.5 Å². The van der Waals surface area contributed by atoms with Gasteiger partial charge >= 0.3 is 0 Å². The normalized spacial score (nSPS) is 19.5. The molecule has 3 nitrogen and oxygen atoms in total. The molecule has 1 unspecified atom stereocenters. The topological polar surface area (TPSA) is 31.4 Å². The molecule has 0 aliphatic carbocycles. The van der Waals surface area contributed by atoms with Gasteiger partial charge in [-0.2, -0.15) is 0 Å². The van der Waals surface area contributed by atoms with Gasteiger partial charge in [0.1, 0.15) is 5.75 Å². The first-order chi connectivity index (χ1) is 7.26. The van der Waals surface area contributed by atoms with Crippen LogP contribution in [0.15, 0.2) is 6.20 Å². The fraction of sp³-hybridized carbons (Fsp3) is 0.545. The molecule has 1 aromatic heterocycles.